The zero-order chi connectivity index (χ0) is 12.1. The summed E-state index contributed by atoms with van der Waals surface area (Å²) in [4.78, 5) is 15.7. The van der Waals surface area contributed by atoms with Crippen molar-refractivity contribution in [1.82, 2.24) is 10.3 Å². The Balaban J connectivity index is 1.85. The van der Waals surface area contributed by atoms with Crippen molar-refractivity contribution in [2.45, 2.75) is 6.42 Å². The quantitative estimate of drug-likeness (QED) is 0.864. The van der Waals surface area contributed by atoms with Crippen LogP contribution in [0.1, 0.15) is 16.1 Å². The Hall–Kier alpha value is -1.88. The lowest BCUT2D eigenvalue weighted by molar-refractivity contribution is 0.0949. The molecule has 88 valence electrons. The summed E-state index contributed by atoms with van der Waals surface area (Å²) in [5.41, 5.74) is 7.10. The highest BCUT2D eigenvalue weighted by Gasteiger charge is 2.06. The largest absolute Gasteiger partial charge is 0.384 e. The molecule has 1 amide bonds. The third kappa shape index (κ3) is 3.29. The maximum Gasteiger partial charge on any atom is 0.269 e. The predicted molar refractivity (Wildman–Crippen MR) is 69.0 cm³/mol. The number of thiophene rings is 1. The van der Waals surface area contributed by atoms with Crippen LogP contribution in [-0.4, -0.2) is 17.4 Å². The van der Waals surface area contributed by atoms with Gasteiger partial charge in [0.05, 0.1) is 0 Å². The number of amides is 1. The molecule has 2 rings (SSSR count). The Kier molecular flexibility index (Phi) is 3.72. The molecule has 4 nitrogen and oxygen atoms in total. The van der Waals surface area contributed by atoms with Gasteiger partial charge in [0.1, 0.15) is 11.5 Å². The van der Waals surface area contributed by atoms with Crippen LogP contribution in [0.5, 0.6) is 0 Å². The first-order valence-electron chi connectivity index (χ1n) is 5.27. The Bertz CT molecular complexity index is 496. The molecule has 0 atom stereocenters. The lowest BCUT2D eigenvalue weighted by atomic mass is 10.2. The number of nitrogen functional groups attached to an aromatic ring is 1. The maximum atomic E-state index is 11.7. The molecule has 0 aliphatic carbocycles. The molecule has 0 saturated heterocycles. The normalized spacial score (nSPS) is 10.1. The second-order valence-electron chi connectivity index (χ2n) is 3.59. The van der Waals surface area contributed by atoms with Gasteiger partial charge in [-0.1, -0.05) is 6.07 Å². The molecule has 0 aromatic carbocycles. The number of nitrogens with one attached hydrogen (secondary N) is 1. The highest BCUT2D eigenvalue weighted by atomic mass is 32.1. The van der Waals surface area contributed by atoms with Crippen LogP contribution in [0.4, 0.5) is 5.82 Å². The highest BCUT2D eigenvalue weighted by molar-refractivity contribution is 7.07. The number of pyridine rings is 1. The van der Waals surface area contributed by atoms with Gasteiger partial charge >= 0.3 is 0 Å². The zero-order valence-electron chi connectivity index (χ0n) is 9.22. The molecule has 17 heavy (non-hydrogen) atoms. The summed E-state index contributed by atoms with van der Waals surface area (Å²) in [7, 11) is 0. The van der Waals surface area contributed by atoms with Crippen molar-refractivity contribution in [1.29, 1.82) is 0 Å². The number of nitrogens with zero attached hydrogens (tertiary/aromatic N) is 1. The van der Waals surface area contributed by atoms with Crippen molar-refractivity contribution in [2.75, 3.05) is 12.3 Å². The second kappa shape index (κ2) is 5.45. The molecule has 0 fully saturated rings. The van der Waals surface area contributed by atoms with Crippen molar-refractivity contribution in [3.63, 3.8) is 0 Å². The third-order valence-electron chi connectivity index (χ3n) is 2.28. The van der Waals surface area contributed by atoms with Gasteiger partial charge < -0.3 is 11.1 Å². The average Bonchev–Trinajstić information content (AvgIpc) is 2.82. The fourth-order valence-electron chi connectivity index (χ4n) is 1.42. The van der Waals surface area contributed by atoms with Gasteiger partial charge in [0.25, 0.3) is 5.91 Å². The van der Waals surface area contributed by atoms with Crippen molar-refractivity contribution >= 4 is 23.1 Å². The van der Waals surface area contributed by atoms with Gasteiger partial charge in [-0.05, 0) is 40.9 Å². The van der Waals surface area contributed by atoms with Crippen LogP contribution in [0.2, 0.25) is 0 Å². The minimum Gasteiger partial charge on any atom is -0.384 e. The summed E-state index contributed by atoms with van der Waals surface area (Å²) in [6.45, 7) is 0.603. The highest BCUT2D eigenvalue weighted by Crippen LogP contribution is 2.06. The van der Waals surface area contributed by atoms with E-state index in [-0.39, 0.29) is 5.91 Å². The summed E-state index contributed by atoms with van der Waals surface area (Å²) in [6.07, 6.45) is 0.831. The second-order valence-corrected chi connectivity index (χ2v) is 4.37. The van der Waals surface area contributed by atoms with Crippen LogP contribution in [0.25, 0.3) is 0 Å². The average molecular weight is 247 g/mol. The van der Waals surface area contributed by atoms with Crippen molar-refractivity contribution in [3.05, 3.63) is 46.3 Å². The molecule has 3 N–H and O–H groups in total. The Morgan fingerprint density at radius 1 is 1.41 bits per heavy atom. The number of anilines is 1. The number of rotatable bonds is 4. The van der Waals surface area contributed by atoms with Crippen LogP contribution in [0.15, 0.2) is 35.0 Å². The molecular formula is C12H13N3OS. The summed E-state index contributed by atoms with van der Waals surface area (Å²) in [5, 5.41) is 6.91. The van der Waals surface area contributed by atoms with E-state index in [2.05, 4.69) is 21.7 Å². The standard InChI is InChI=1S/C12H13N3OS/c13-11-3-1-2-10(15-11)12(16)14-6-4-9-5-7-17-8-9/h1-3,5,7-8H,4,6H2,(H2,13,15)(H,14,16). The van der Waals surface area contributed by atoms with Gasteiger partial charge in [0.15, 0.2) is 0 Å². The Morgan fingerprint density at radius 2 is 2.29 bits per heavy atom. The molecule has 0 aliphatic rings. The maximum absolute atomic E-state index is 11.7. The van der Waals surface area contributed by atoms with E-state index >= 15 is 0 Å². The minimum atomic E-state index is -0.187. The lowest BCUT2D eigenvalue weighted by Crippen LogP contribution is -2.26. The number of hydrogen-bond donors (Lipinski definition) is 2. The van der Waals surface area contributed by atoms with E-state index in [4.69, 9.17) is 5.73 Å². The number of nitrogens with two attached hydrogens (primary N) is 1. The van der Waals surface area contributed by atoms with E-state index in [1.807, 2.05) is 5.38 Å². The first kappa shape index (κ1) is 11.6. The fourth-order valence-corrected chi connectivity index (χ4v) is 2.13. The molecular weight excluding hydrogens is 234 g/mol. The van der Waals surface area contributed by atoms with Crippen molar-refractivity contribution in [3.8, 4) is 0 Å². The zero-order valence-corrected chi connectivity index (χ0v) is 10.0. The summed E-state index contributed by atoms with van der Waals surface area (Å²) < 4.78 is 0. The number of aromatic nitrogens is 1. The van der Waals surface area contributed by atoms with Crippen molar-refractivity contribution in [2.24, 2.45) is 0 Å². The smallest absolute Gasteiger partial charge is 0.269 e. The molecule has 0 unspecified atom stereocenters. The van der Waals surface area contributed by atoms with Gasteiger partial charge in [-0.15, -0.1) is 0 Å². The van der Waals surface area contributed by atoms with E-state index in [0.29, 0.717) is 18.1 Å². The number of carbonyl (C=O) groups is 1. The molecule has 0 bridgehead atoms. The minimum absolute atomic E-state index is 0.187. The van der Waals surface area contributed by atoms with Crippen LogP contribution in [0.3, 0.4) is 0 Å². The van der Waals surface area contributed by atoms with Gasteiger partial charge in [-0.25, -0.2) is 4.98 Å². The third-order valence-corrected chi connectivity index (χ3v) is 3.01. The molecule has 0 saturated carbocycles. The topological polar surface area (TPSA) is 68.0 Å². The van der Waals surface area contributed by atoms with E-state index < -0.39 is 0 Å². The number of carbonyl (C=O) groups excluding carboxylic acids is 1. The summed E-state index contributed by atoms with van der Waals surface area (Å²) in [6, 6.07) is 7.07. The number of hydrogen-bond acceptors (Lipinski definition) is 4. The van der Waals surface area contributed by atoms with Crippen LogP contribution in [0, 0.1) is 0 Å². The van der Waals surface area contributed by atoms with E-state index in [1.54, 1.807) is 29.5 Å². The monoisotopic (exact) mass is 247 g/mol. The summed E-state index contributed by atoms with van der Waals surface area (Å²) >= 11 is 1.66. The van der Waals surface area contributed by atoms with Gasteiger partial charge in [0.2, 0.25) is 0 Å². The lowest BCUT2D eigenvalue weighted by Gasteiger charge is -2.04. The van der Waals surface area contributed by atoms with E-state index in [9.17, 15) is 4.79 Å². The van der Waals surface area contributed by atoms with Crippen LogP contribution in [-0.2, 0) is 6.42 Å². The molecule has 0 radical (unpaired) electrons. The van der Waals surface area contributed by atoms with E-state index in [1.165, 1.54) is 5.56 Å². The fraction of sp³-hybridized carbons (Fsp3) is 0.167. The molecule has 2 aromatic heterocycles. The first-order chi connectivity index (χ1) is 8.25. The van der Waals surface area contributed by atoms with Crippen LogP contribution < -0.4 is 11.1 Å². The van der Waals surface area contributed by atoms with Gasteiger partial charge in [-0.3, -0.25) is 4.79 Å². The van der Waals surface area contributed by atoms with Crippen molar-refractivity contribution < 1.29 is 4.79 Å². The molecule has 0 aliphatic heterocycles. The van der Waals surface area contributed by atoms with E-state index in [0.717, 1.165) is 6.42 Å². The SMILES string of the molecule is Nc1cccc(C(=O)NCCc2ccsc2)n1. The Morgan fingerprint density at radius 3 is 3.00 bits per heavy atom. The molecule has 5 heteroatoms. The molecule has 0 spiro atoms. The molecule has 2 heterocycles. The van der Waals surface area contributed by atoms with Gasteiger partial charge in [-0.2, -0.15) is 11.3 Å². The predicted octanol–water partition coefficient (Wildman–Crippen LogP) is 1.70. The van der Waals surface area contributed by atoms with Gasteiger partial charge in [0, 0.05) is 6.54 Å². The Labute approximate surface area is 103 Å². The summed E-state index contributed by atoms with van der Waals surface area (Å²) in [5.74, 6) is 0.169. The first-order valence-corrected chi connectivity index (χ1v) is 6.22. The van der Waals surface area contributed by atoms with Crippen LogP contribution >= 0.6 is 11.3 Å². The molecule has 2 aromatic rings.